The second-order valence-electron chi connectivity index (χ2n) is 5.60. The SMILES string of the molecule is COc1ccc(S(=O)(=O)N2C[C@H](C)O[C@@H](C)C2)c(C)c1C. The Bertz CT molecular complexity index is 617. The van der Waals surface area contributed by atoms with Crippen molar-refractivity contribution in [2.24, 2.45) is 0 Å². The second kappa shape index (κ2) is 5.94. The van der Waals surface area contributed by atoms with Gasteiger partial charge in [-0.1, -0.05) is 0 Å². The number of hydrogen-bond acceptors (Lipinski definition) is 4. The first-order valence-electron chi connectivity index (χ1n) is 7.07. The summed E-state index contributed by atoms with van der Waals surface area (Å²) in [4.78, 5) is 0.349. The molecule has 118 valence electrons. The van der Waals surface area contributed by atoms with Crippen LogP contribution in [-0.4, -0.2) is 45.1 Å². The lowest BCUT2D eigenvalue weighted by molar-refractivity contribution is -0.0440. The summed E-state index contributed by atoms with van der Waals surface area (Å²) in [5, 5.41) is 0. The molecule has 0 aromatic heterocycles. The summed E-state index contributed by atoms with van der Waals surface area (Å²) in [5.41, 5.74) is 1.59. The molecule has 21 heavy (non-hydrogen) atoms. The summed E-state index contributed by atoms with van der Waals surface area (Å²) in [6.07, 6.45) is -0.189. The van der Waals surface area contributed by atoms with E-state index in [0.29, 0.717) is 23.7 Å². The van der Waals surface area contributed by atoms with Crippen LogP contribution in [0.2, 0.25) is 0 Å². The normalized spacial score (nSPS) is 24.0. The van der Waals surface area contributed by atoms with Crippen LogP contribution < -0.4 is 4.74 Å². The third-order valence-corrected chi connectivity index (χ3v) is 5.89. The first kappa shape index (κ1) is 16.3. The third kappa shape index (κ3) is 3.07. The van der Waals surface area contributed by atoms with Gasteiger partial charge in [-0.3, -0.25) is 0 Å². The summed E-state index contributed by atoms with van der Waals surface area (Å²) >= 11 is 0. The lowest BCUT2D eigenvalue weighted by Gasteiger charge is -2.34. The molecule has 0 radical (unpaired) electrons. The molecule has 0 saturated carbocycles. The number of benzene rings is 1. The number of methoxy groups -OCH3 is 1. The van der Waals surface area contributed by atoms with Crippen LogP contribution in [0.1, 0.15) is 25.0 Å². The molecule has 0 N–H and O–H groups in total. The van der Waals surface area contributed by atoms with E-state index >= 15 is 0 Å². The molecule has 1 heterocycles. The van der Waals surface area contributed by atoms with Gasteiger partial charge >= 0.3 is 0 Å². The highest BCUT2D eigenvalue weighted by atomic mass is 32.2. The minimum Gasteiger partial charge on any atom is -0.496 e. The van der Waals surface area contributed by atoms with E-state index in [0.717, 1.165) is 11.1 Å². The topological polar surface area (TPSA) is 55.8 Å². The van der Waals surface area contributed by atoms with Gasteiger partial charge in [0.1, 0.15) is 5.75 Å². The van der Waals surface area contributed by atoms with Crippen molar-refractivity contribution < 1.29 is 17.9 Å². The molecule has 1 aliphatic heterocycles. The van der Waals surface area contributed by atoms with Crippen LogP contribution in [0, 0.1) is 13.8 Å². The van der Waals surface area contributed by atoms with E-state index in [1.54, 1.807) is 19.2 Å². The Morgan fingerprint density at radius 1 is 1.14 bits per heavy atom. The number of sulfonamides is 1. The van der Waals surface area contributed by atoms with Crippen molar-refractivity contribution in [3.63, 3.8) is 0 Å². The Balaban J connectivity index is 2.42. The zero-order valence-electron chi connectivity index (χ0n) is 13.2. The Kier molecular flexibility index (Phi) is 4.60. The Labute approximate surface area is 126 Å². The van der Waals surface area contributed by atoms with E-state index in [-0.39, 0.29) is 12.2 Å². The zero-order chi connectivity index (χ0) is 15.8. The fraction of sp³-hybridized carbons (Fsp3) is 0.600. The van der Waals surface area contributed by atoms with Crippen LogP contribution in [0.4, 0.5) is 0 Å². The molecular weight excluding hydrogens is 290 g/mol. The van der Waals surface area contributed by atoms with Gasteiger partial charge in [0, 0.05) is 13.1 Å². The van der Waals surface area contributed by atoms with Crippen molar-refractivity contribution in [1.82, 2.24) is 4.31 Å². The average Bonchev–Trinajstić information content (AvgIpc) is 2.40. The lowest BCUT2D eigenvalue weighted by Crippen LogP contribution is -2.48. The number of rotatable bonds is 3. The van der Waals surface area contributed by atoms with Gasteiger partial charge in [0.2, 0.25) is 10.0 Å². The summed E-state index contributed by atoms with van der Waals surface area (Å²) < 4.78 is 38.1. The van der Waals surface area contributed by atoms with Gasteiger partial charge < -0.3 is 9.47 Å². The molecule has 0 spiro atoms. The molecule has 1 aliphatic rings. The first-order chi connectivity index (χ1) is 9.77. The maximum absolute atomic E-state index is 12.9. The van der Waals surface area contributed by atoms with Crippen LogP contribution in [0.15, 0.2) is 17.0 Å². The average molecular weight is 313 g/mol. The fourth-order valence-corrected chi connectivity index (χ4v) is 4.61. The van der Waals surface area contributed by atoms with Crippen LogP contribution in [0.5, 0.6) is 5.75 Å². The highest BCUT2D eigenvalue weighted by molar-refractivity contribution is 7.89. The summed E-state index contributed by atoms with van der Waals surface area (Å²) in [6, 6.07) is 3.34. The van der Waals surface area contributed by atoms with Gasteiger partial charge in [0.15, 0.2) is 0 Å². The lowest BCUT2D eigenvalue weighted by atomic mass is 10.1. The second-order valence-corrected chi connectivity index (χ2v) is 7.50. The Morgan fingerprint density at radius 3 is 2.24 bits per heavy atom. The Hall–Kier alpha value is -1.11. The smallest absolute Gasteiger partial charge is 0.243 e. The minimum atomic E-state index is -3.51. The largest absolute Gasteiger partial charge is 0.496 e. The van der Waals surface area contributed by atoms with E-state index in [4.69, 9.17) is 9.47 Å². The van der Waals surface area contributed by atoms with Gasteiger partial charge in [0.25, 0.3) is 0 Å². The maximum atomic E-state index is 12.9. The zero-order valence-corrected chi connectivity index (χ0v) is 14.0. The minimum absolute atomic E-state index is 0.0943. The van der Waals surface area contributed by atoms with Crippen LogP contribution in [-0.2, 0) is 14.8 Å². The summed E-state index contributed by atoms with van der Waals surface area (Å²) in [7, 11) is -1.92. The van der Waals surface area contributed by atoms with Gasteiger partial charge in [-0.05, 0) is 51.0 Å². The van der Waals surface area contributed by atoms with E-state index in [2.05, 4.69) is 0 Å². The number of ether oxygens (including phenoxy) is 2. The fourth-order valence-electron chi connectivity index (χ4n) is 2.74. The van der Waals surface area contributed by atoms with Crippen molar-refractivity contribution in [1.29, 1.82) is 0 Å². The quantitative estimate of drug-likeness (QED) is 0.857. The number of morpholine rings is 1. The monoisotopic (exact) mass is 313 g/mol. The van der Waals surface area contributed by atoms with Crippen molar-refractivity contribution in [2.75, 3.05) is 20.2 Å². The van der Waals surface area contributed by atoms with Gasteiger partial charge in [-0.2, -0.15) is 4.31 Å². The summed E-state index contributed by atoms with van der Waals surface area (Å²) in [5.74, 6) is 0.704. The van der Waals surface area contributed by atoms with Crippen molar-refractivity contribution in [3.05, 3.63) is 23.3 Å². The Morgan fingerprint density at radius 2 is 1.71 bits per heavy atom. The molecule has 0 aliphatic carbocycles. The molecule has 2 rings (SSSR count). The molecule has 0 amide bonds. The van der Waals surface area contributed by atoms with Crippen molar-refractivity contribution in [2.45, 2.75) is 44.8 Å². The highest BCUT2D eigenvalue weighted by Crippen LogP contribution is 2.30. The molecule has 1 aromatic carbocycles. The number of hydrogen-bond donors (Lipinski definition) is 0. The van der Waals surface area contributed by atoms with Crippen LogP contribution >= 0.6 is 0 Å². The highest BCUT2D eigenvalue weighted by Gasteiger charge is 2.33. The molecule has 0 unspecified atom stereocenters. The first-order valence-corrected chi connectivity index (χ1v) is 8.51. The molecule has 2 atom stereocenters. The van der Waals surface area contributed by atoms with E-state index in [9.17, 15) is 8.42 Å². The standard InChI is InChI=1S/C15H23NO4S/c1-10-8-16(9-11(2)20-10)21(17,18)15-7-6-14(19-5)12(3)13(15)4/h6-7,10-11H,8-9H2,1-5H3/t10-,11-/m0/s1. The van der Waals surface area contributed by atoms with Gasteiger partial charge in [0.05, 0.1) is 24.2 Å². The number of nitrogens with zero attached hydrogens (tertiary/aromatic N) is 1. The van der Waals surface area contributed by atoms with Crippen molar-refractivity contribution >= 4 is 10.0 Å². The van der Waals surface area contributed by atoms with E-state index in [1.807, 2.05) is 27.7 Å². The molecule has 1 aromatic rings. The summed E-state index contributed by atoms with van der Waals surface area (Å²) in [6.45, 7) is 8.25. The molecule has 6 heteroatoms. The van der Waals surface area contributed by atoms with Gasteiger partial charge in [-0.25, -0.2) is 8.42 Å². The van der Waals surface area contributed by atoms with E-state index in [1.165, 1.54) is 4.31 Å². The molecular formula is C15H23NO4S. The maximum Gasteiger partial charge on any atom is 0.243 e. The van der Waals surface area contributed by atoms with E-state index < -0.39 is 10.0 Å². The van der Waals surface area contributed by atoms with Crippen LogP contribution in [0.3, 0.4) is 0 Å². The molecule has 0 bridgehead atoms. The van der Waals surface area contributed by atoms with Crippen molar-refractivity contribution in [3.8, 4) is 5.75 Å². The predicted octanol–water partition coefficient (Wildman–Crippen LogP) is 2.11. The molecule has 1 saturated heterocycles. The van der Waals surface area contributed by atoms with Crippen LogP contribution in [0.25, 0.3) is 0 Å². The third-order valence-electron chi connectivity index (χ3n) is 3.91. The molecule has 1 fully saturated rings. The molecule has 5 nitrogen and oxygen atoms in total. The van der Waals surface area contributed by atoms with Gasteiger partial charge in [-0.15, -0.1) is 0 Å². The predicted molar refractivity (Wildman–Crippen MR) is 81.2 cm³/mol.